The summed E-state index contributed by atoms with van der Waals surface area (Å²) in [5, 5.41) is 0. The first kappa shape index (κ1) is 86.2. The van der Waals surface area contributed by atoms with Gasteiger partial charge in [-0.15, -0.1) is 0 Å². The second-order valence-corrected chi connectivity index (χ2v) is 0. The first-order valence-corrected chi connectivity index (χ1v) is 1.00. The van der Waals surface area contributed by atoms with E-state index in [-0.39, 0.29) is 17.1 Å². The van der Waals surface area contributed by atoms with E-state index in [1.165, 1.54) is 0 Å². The molecule has 0 rings (SSSR count). The molecule has 0 spiro atoms. The Morgan fingerprint density at radius 3 is 1.00 bits per heavy atom. The van der Waals surface area contributed by atoms with E-state index in [0.29, 0.717) is 0 Å². The van der Waals surface area contributed by atoms with Crippen molar-refractivity contribution >= 4 is 7.85 Å². The summed E-state index contributed by atoms with van der Waals surface area (Å²) >= 11 is 0. The van der Waals surface area contributed by atoms with Crippen LogP contribution in [-0.4, -0.2) is 18.8 Å². The van der Waals surface area contributed by atoms with Crippen molar-refractivity contribution in [3.8, 4) is 0 Å². The maximum atomic E-state index is 2.00. The van der Waals surface area contributed by atoms with Crippen LogP contribution in [0, 0.1) is 0 Å². The predicted octanol–water partition coefficient (Wildman–Crippen LogP) is -1.82. The molecular weight excluding hydrogens is 68.8 g/mol. The third-order valence-corrected chi connectivity index (χ3v) is 0. The van der Waals surface area contributed by atoms with Crippen LogP contribution in [0.5, 0.6) is 0 Å². The Labute approximate surface area is 33.0 Å². The van der Waals surface area contributed by atoms with Gasteiger partial charge in [0.05, 0.1) is 7.85 Å². The highest BCUT2D eigenvalue weighted by atomic mass is 16.0. The van der Waals surface area contributed by atoms with Crippen LogP contribution in [-0.2, 0) is 0 Å². The van der Waals surface area contributed by atoms with Crippen molar-refractivity contribution in [2.24, 2.45) is 0 Å². The second-order valence-electron chi connectivity index (χ2n) is 0. The molecule has 0 aromatic heterocycles. The molecule has 0 atom stereocenters. The van der Waals surface area contributed by atoms with Crippen LogP contribution in [0.2, 0.25) is 6.82 Å². The lowest BCUT2D eigenvalue weighted by atomic mass is 10.2. The molecule has 7 N–H and O–H groups in total. The predicted molar refractivity (Wildman–Crippen MR) is 26.7 cm³/mol. The summed E-state index contributed by atoms with van der Waals surface area (Å²) in [5.41, 5.74) is 0. The highest BCUT2D eigenvalue weighted by Crippen LogP contribution is 0.960. The summed E-state index contributed by atoms with van der Waals surface area (Å²) in [7, 11) is 2.00. The Hall–Kier alpha value is -0.0551. The maximum Gasteiger partial charge on any atom is 0.0973 e. The minimum atomic E-state index is 0. The van der Waals surface area contributed by atoms with Crippen LogP contribution in [0.1, 0.15) is 0 Å². The minimum absolute atomic E-state index is 0. The molecule has 36 valence electrons. The van der Waals surface area contributed by atoms with Crippen molar-refractivity contribution in [1.29, 1.82) is 0 Å². The molecule has 0 aromatic carbocycles. The molecule has 0 amide bonds. The van der Waals surface area contributed by atoms with Gasteiger partial charge in [-0.2, -0.15) is 0 Å². The van der Waals surface area contributed by atoms with Gasteiger partial charge in [-0.25, -0.2) is 0 Å². The summed E-state index contributed by atoms with van der Waals surface area (Å²) in [6.45, 7) is 2.00. The third kappa shape index (κ3) is 4920. The van der Waals surface area contributed by atoms with E-state index in [0.717, 1.165) is 0 Å². The quantitative estimate of drug-likeness (QED) is 0.341. The molecule has 0 aliphatic rings. The van der Waals surface area contributed by atoms with Gasteiger partial charge in [0.1, 0.15) is 0 Å². The fourth-order valence-electron chi connectivity index (χ4n) is 0. The fourth-order valence-corrected chi connectivity index (χ4v) is 0. The molecule has 0 unspecified atom stereocenters. The van der Waals surface area contributed by atoms with Gasteiger partial charge in [-0.3, -0.25) is 0 Å². The molecule has 0 aromatic rings. The monoisotopic (exact) mass is 81.1 g/mol. The molecule has 5 heavy (non-hydrogen) atoms. The van der Waals surface area contributed by atoms with Crippen LogP contribution in [0.15, 0.2) is 0 Å². The zero-order valence-corrected chi connectivity index (χ0v) is 3.71. The lowest BCUT2D eigenvalue weighted by Crippen LogP contribution is -1.13. The van der Waals surface area contributed by atoms with Crippen LogP contribution in [0.25, 0.3) is 0 Å². The van der Waals surface area contributed by atoms with Crippen molar-refractivity contribution in [3.05, 3.63) is 0 Å². The van der Waals surface area contributed by atoms with Gasteiger partial charge in [0.2, 0.25) is 0 Å². The minimum Gasteiger partial charge on any atom is -0.412 e. The Balaban J connectivity index is -0.00000000167. The first-order chi connectivity index (χ1) is 1.00. The standard InChI is InChI=1S/CH5B.H3N.2H2O/c1-2;;;/h2H2,1H3;1H3;2*1H2. The molecule has 4 heteroatoms. The highest BCUT2D eigenvalue weighted by Gasteiger charge is 1.01. The molecule has 3 nitrogen and oxygen atoms in total. The van der Waals surface area contributed by atoms with Crippen molar-refractivity contribution in [3.63, 3.8) is 0 Å². The molecule has 0 aliphatic heterocycles. The lowest BCUT2D eigenvalue weighted by Gasteiger charge is -1.00. The Morgan fingerprint density at radius 1 is 1.00 bits per heavy atom. The van der Waals surface area contributed by atoms with E-state index >= 15 is 0 Å². The number of rotatable bonds is 0. The van der Waals surface area contributed by atoms with E-state index in [9.17, 15) is 0 Å². The summed E-state index contributed by atoms with van der Waals surface area (Å²) in [4.78, 5) is 0. The Bertz CT molecular complexity index is 9.61. The van der Waals surface area contributed by atoms with E-state index in [1.54, 1.807) is 0 Å². The van der Waals surface area contributed by atoms with Crippen LogP contribution in [0.4, 0.5) is 0 Å². The summed E-state index contributed by atoms with van der Waals surface area (Å²) in [6, 6.07) is 0. The van der Waals surface area contributed by atoms with E-state index < -0.39 is 0 Å². The molecule has 0 bridgehead atoms. The van der Waals surface area contributed by atoms with E-state index in [4.69, 9.17) is 0 Å². The molecule has 0 aliphatic carbocycles. The SMILES string of the molecule is BC.N.O.O. The number of hydrogen-bond acceptors (Lipinski definition) is 1. The van der Waals surface area contributed by atoms with Gasteiger partial charge < -0.3 is 17.1 Å². The van der Waals surface area contributed by atoms with Gasteiger partial charge >= 0.3 is 0 Å². The largest absolute Gasteiger partial charge is 0.412 e. The molecular formula is CH12BNO2. The van der Waals surface area contributed by atoms with Crippen molar-refractivity contribution < 1.29 is 11.0 Å². The molecule has 0 saturated carbocycles. The molecule has 0 fully saturated rings. The van der Waals surface area contributed by atoms with Gasteiger partial charge in [0, 0.05) is 0 Å². The zero-order chi connectivity index (χ0) is 2.00. The Kier molecular flexibility index (Phi) is 194000. The van der Waals surface area contributed by atoms with Crippen LogP contribution >= 0.6 is 0 Å². The first-order valence-electron chi connectivity index (χ1n) is 1.00. The molecule has 0 saturated heterocycles. The molecule has 0 radical (unpaired) electrons. The fraction of sp³-hybridized carbons (Fsp3) is 1.00. The van der Waals surface area contributed by atoms with Crippen LogP contribution in [0.3, 0.4) is 0 Å². The van der Waals surface area contributed by atoms with Crippen molar-refractivity contribution in [2.75, 3.05) is 0 Å². The summed E-state index contributed by atoms with van der Waals surface area (Å²) in [5.74, 6) is 0. The Morgan fingerprint density at radius 2 is 1.00 bits per heavy atom. The topological polar surface area (TPSA) is 98.0 Å². The van der Waals surface area contributed by atoms with Gasteiger partial charge in [0.25, 0.3) is 0 Å². The van der Waals surface area contributed by atoms with Gasteiger partial charge in [0.15, 0.2) is 0 Å². The van der Waals surface area contributed by atoms with Crippen molar-refractivity contribution in [1.82, 2.24) is 6.15 Å². The van der Waals surface area contributed by atoms with Gasteiger partial charge in [-0.1, -0.05) is 6.82 Å². The van der Waals surface area contributed by atoms with Gasteiger partial charge in [-0.05, 0) is 0 Å². The third-order valence-electron chi connectivity index (χ3n) is 0. The summed E-state index contributed by atoms with van der Waals surface area (Å²) < 4.78 is 0. The van der Waals surface area contributed by atoms with Crippen LogP contribution < -0.4 is 6.15 Å². The number of hydrogen-bond donors (Lipinski definition) is 1. The maximum absolute atomic E-state index is 2.00. The van der Waals surface area contributed by atoms with E-state index in [2.05, 4.69) is 0 Å². The lowest BCUT2D eigenvalue weighted by molar-refractivity contribution is 0.823. The molecule has 0 heterocycles. The normalized spacial score (nSPS) is 1.00. The zero-order valence-electron chi connectivity index (χ0n) is 3.71. The van der Waals surface area contributed by atoms with Crippen molar-refractivity contribution in [2.45, 2.75) is 6.82 Å². The average Bonchev–Trinajstić information content (AvgIpc) is 1.00. The second kappa shape index (κ2) is 11300. The smallest absolute Gasteiger partial charge is 0.0973 e. The summed E-state index contributed by atoms with van der Waals surface area (Å²) in [6.07, 6.45) is 0. The average molecular weight is 80.9 g/mol. The highest BCUT2D eigenvalue weighted by molar-refractivity contribution is 6.05. The van der Waals surface area contributed by atoms with E-state index in [1.807, 2.05) is 14.7 Å².